The van der Waals surface area contributed by atoms with Gasteiger partial charge >= 0.3 is 18.0 Å². The van der Waals surface area contributed by atoms with Gasteiger partial charge in [0.05, 0.1) is 5.69 Å². The normalized spacial score (nSPS) is 20.6. The van der Waals surface area contributed by atoms with E-state index >= 15 is 0 Å². The predicted octanol–water partition coefficient (Wildman–Crippen LogP) is 1.76. The van der Waals surface area contributed by atoms with Crippen LogP contribution in [0.15, 0.2) is 24.3 Å². The van der Waals surface area contributed by atoms with E-state index in [1.54, 1.807) is 0 Å². The SMILES string of the molecule is O=C(N1CCC(F)(F)C(O)(O)c2ccccc21)C(F)(F)F. The molecule has 1 aliphatic heterocycles. The number of carbonyl (C=O) groups is 1. The lowest BCUT2D eigenvalue weighted by Crippen LogP contribution is -2.45. The number of amides is 1. The summed E-state index contributed by atoms with van der Waals surface area (Å²) in [6.45, 7) is -0.995. The molecule has 2 rings (SSSR count). The van der Waals surface area contributed by atoms with Crippen LogP contribution in [0.25, 0.3) is 0 Å². The Bertz CT molecular complexity index is 570. The summed E-state index contributed by atoms with van der Waals surface area (Å²) in [5.41, 5.74) is -1.47. The number of para-hydroxylation sites is 1. The van der Waals surface area contributed by atoms with Crippen molar-refractivity contribution in [2.24, 2.45) is 0 Å². The summed E-state index contributed by atoms with van der Waals surface area (Å²) in [6.07, 6.45) is -6.59. The third-order valence-electron chi connectivity index (χ3n) is 3.22. The van der Waals surface area contributed by atoms with Gasteiger partial charge in [-0.25, -0.2) is 8.78 Å². The van der Waals surface area contributed by atoms with Crippen LogP contribution < -0.4 is 4.90 Å². The molecule has 0 aromatic heterocycles. The van der Waals surface area contributed by atoms with Crippen LogP contribution in [0.3, 0.4) is 0 Å². The Balaban J connectivity index is 2.61. The van der Waals surface area contributed by atoms with Gasteiger partial charge in [-0.05, 0) is 6.07 Å². The van der Waals surface area contributed by atoms with Gasteiger partial charge in [0.25, 0.3) is 5.79 Å². The molecule has 1 aliphatic rings. The van der Waals surface area contributed by atoms with Crippen molar-refractivity contribution < 1.29 is 37.0 Å². The molecule has 0 saturated carbocycles. The second-order valence-electron chi connectivity index (χ2n) is 4.60. The summed E-state index contributed by atoms with van der Waals surface area (Å²) < 4.78 is 65.1. The van der Waals surface area contributed by atoms with Crippen LogP contribution in [0.4, 0.5) is 27.6 Å². The Morgan fingerprint density at radius 1 is 1.19 bits per heavy atom. The number of hydrogen-bond acceptors (Lipinski definition) is 3. The predicted molar refractivity (Wildman–Crippen MR) is 60.5 cm³/mol. The van der Waals surface area contributed by atoms with E-state index in [0.717, 1.165) is 18.2 Å². The average molecular weight is 311 g/mol. The number of fused-ring (bicyclic) bond motifs is 1. The fourth-order valence-corrected chi connectivity index (χ4v) is 2.11. The maximum absolute atomic E-state index is 13.7. The van der Waals surface area contributed by atoms with E-state index in [0.29, 0.717) is 0 Å². The van der Waals surface area contributed by atoms with Crippen LogP contribution in [-0.2, 0) is 10.6 Å². The van der Waals surface area contributed by atoms with Crippen molar-refractivity contribution in [3.8, 4) is 0 Å². The Hall–Kier alpha value is -1.74. The highest BCUT2D eigenvalue weighted by atomic mass is 19.4. The first kappa shape index (κ1) is 15.6. The molecule has 1 aromatic carbocycles. The van der Waals surface area contributed by atoms with Gasteiger partial charge < -0.3 is 15.1 Å². The zero-order valence-corrected chi connectivity index (χ0v) is 10.4. The summed E-state index contributed by atoms with van der Waals surface area (Å²) in [4.78, 5) is 11.4. The van der Waals surface area contributed by atoms with Gasteiger partial charge in [-0.15, -0.1) is 0 Å². The molecule has 21 heavy (non-hydrogen) atoms. The first-order valence-corrected chi connectivity index (χ1v) is 5.79. The van der Waals surface area contributed by atoms with Crippen molar-refractivity contribution in [1.82, 2.24) is 0 Å². The number of nitrogens with zero attached hydrogens (tertiary/aromatic N) is 1. The van der Waals surface area contributed by atoms with Gasteiger partial charge in [-0.2, -0.15) is 13.2 Å². The third-order valence-corrected chi connectivity index (χ3v) is 3.22. The monoisotopic (exact) mass is 311 g/mol. The topological polar surface area (TPSA) is 60.8 Å². The number of anilines is 1. The van der Waals surface area contributed by atoms with E-state index in [4.69, 9.17) is 0 Å². The number of alkyl halides is 5. The fourth-order valence-electron chi connectivity index (χ4n) is 2.11. The molecule has 0 radical (unpaired) electrons. The average Bonchev–Trinajstić information content (AvgIpc) is 2.44. The van der Waals surface area contributed by atoms with E-state index in [2.05, 4.69) is 0 Å². The lowest BCUT2D eigenvalue weighted by Gasteiger charge is -2.29. The molecular formula is C12H10F5NO3. The van der Waals surface area contributed by atoms with Crippen LogP contribution in [0.5, 0.6) is 0 Å². The van der Waals surface area contributed by atoms with Gasteiger partial charge in [-0.1, -0.05) is 18.2 Å². The number of hydrogen-bond donors (Lipinski definition) is 2. The van der Waals surface area contributed by atoms with Gasteiger partial charge in [0, 0.05) is 18.5 Å². The molecule has 4 nitrogen and oxygen atoms in total. The molecule has 9 heteroatoms. The molecule has 116 valence electrons. The molecule has 0 unspecified atom stereocenters. The van der Waals surface area contributed by atoms with Crippen LogP contribution >= 0.6 is 0 Å². The van der Waals surface area contributed by atoms with Crippen molar-refractivity contribution in [2.75, 3.05) is 11.4 Å². The number of aliphatic hydroxyl groups is 2. The standard InChI is InChI=1S/C12H10F5NO3/c13-10(14)5-6-18(9(19)12(15,16)17)8-4-2-1-3-7(8)11(10,20)21/h1-4,20-21H,5-6H2. The van der Waals surface area contributed by atoms with E-state index in [1.165, 1.54) is 6.07 Å². The van der Waals surface area contributed by atoms with Gasteiger partial charge in [0.15, 0.2) is 0 Å². The molecule has 0 atom stereocenters. The Morgan fingerprint density at radius 3 is 2.33 bits per heavy atom. The zero-order valence-electron chi connectivity index (χ0n) is 10.4. The molecule has 1 heterocycles. The summed E-state index contributed by atoms with van der Waals surface area (Å²) in [5.74, 6) is -10.1. The van der Waals surface area contributed by atoms with Crippen molar-refractivity contribution in [3.05, 3.63) is 29.8 Å². The lowest BCUT2D eigenvalue weighted by atomic mass is 9.97. The minimum atomic E-state index is -5.26. The first-order chi connectivity index (χ1) is 9.48. The number of rotatable bonds is 0. The molecule has 0 spiro atoms. The zero-order chi connectivity index (χ0) is 16.1. The molecule has 2 N–H and O–H groups in total. The molecule has 0 bridgehead atoms. The quantitative estimate of drug-likeness (QED) is 0.567. The second-order valence-corrected chi connectivity index (χ2v) is 4.60. The summed E-state index contributed by atoms with van der Waals surface area (Å²) in [7, 11) is 0. The highest BCUT2D eigenvalue weighted by molar-refractivity contribution is 5.98. The minimum absolute atomic E-state index is 0.0808. The highest BCUT2D eigenvalue weighted by Gasteiger charge is 2.57. The maximum atomic E-state index is 13.7. The van der Waals surface area contributed by atoms with Gasteiger partial charge in [-0.3, -0.25) is 4.79 Å². The molecular weight excluding hydrogens is 301 g/mol. The highest BCUT2D eigenvalue weighted by Crippen LogP contribution is 2.45. The van der Waals surface area contributed by atoms with E-state index in [-0.39, 0.29) is 4.90 Å². The lowest BCUT2D eigenvalue weighted by molar-refractivity contribution is -0.305. The van der Waals surface area contributed by atoms with Crippen molar-refractivity contribution in [1.29, 1.82) is 0 Å². The summed E-state index contributed by atoms with van der Waals surface area (Å²) >= 11 is 0. The van der Waals surface area contributed by atoms with Crippen LogP contribution in [-0.4, -0.2) is 34.8 Å². The Labute approximate surface area is 115 Å². The van der Waals surface area contributed by atoms with Crippen LogP contribution in [0.1, 0.15) is 12.0 Å². The first-order valence-electron chi connectivity index (χ1n) is 5.79. The molecule has 1 amide bonds. The number of benzene rings is 1. The van der Waals surface area contributed by atoms with E-state index in [1.807, 2.05) is 0 Å². The van der Waals surface area contributed by atoms with E-state index < -0.39 is 48.0 Å². The van der Waals surface area contributed by atoms with Crippen molar-refractivity contribution in [3.63, 3.8) is 0 Å². The Kier molecular flexibility index (Phi) is 3.45. The number of carbonyl (C=O) groups excluding carboxylic acids is 1. The molecule has 0 aliphatic carbocycles. The summed E-state index contributed by atoms with van der Waals surface area (Å²) in [5, 5.41) is 19.2. The minimum Gasteiger partial charge on any atom is -0.357 e. The third kappa shape index (κ3) is 2.46. The molecule has 0 saturated heterocycles. The van der Waals surface area contributed by atoms with Gasteiger partial charge in [0.2, 0.25) is 0 Å². The smallest absolute Gasteiger partial charge is 0.357 e. The second kappa shape index (κ2) is 4.63. The maximum Gasteiger partial charge on any atom is 0.471 e. The fraction of sp³-hybridized carbons (Fsp3) is 0.417. The van der Waals surface area contributed by atoms with Crippen LogP contribution in [0, 0.1) is 0 Å². The van der Waals surface area contributed by atoms with Crippen molar-refractivity contribution in [2.45, 2.75) is 24.3 Å². The number of halogens is 5. The Morgan fingerprint density at radius 2 is 1.76 bits per heavy atom. The van der Waals surface area contributed by atoms with Crippen LogP contribution in [0.2, 0.25) is 0 Å². The largest absolute Gasteiger partial charge is 0.471 e. The van der Waals surface area contributed by atoms with E-state index in [9.17, 15) is 37.0 Å². The summed E-state index contributed by atoms with van der Waals surface area (Å²) in [6, 6.07) is 4.14. The molecule has 1 aromatic rings. The van der Waals surface area contributed by atoms with Gasteiger partial charge in [0.1, 0.15) is 0 Å². The van der Waals surface area contributed by atoms with Crippen molar-refractivity contribution >= 4 is 11.6 Å². The molecule has 0 fully saturated rings.